The fraction of sp³-hybridized carbons (Fsp3) is 0.517. The van der Waals surface area contributed by atoms with E-state index < -0.39 is 0 Å². The lowest BCUT2D eigenvalue weighted by molar-refractivity contribution is -0.117. The van der Waals surface area contributed by atoms with Crippen LogP contribution in [0.15, 0.2) is 59.0 Å². The van der Waals surface area contributed by atoms with Gasteiger partial charge in [-0.15, -0.1) is 0 Å². The molecule has 0 radical (unpaired) electrons. The molecule has 0 spiro atoms. The molecule has 1 aromatic carbocycles. The maximum Gasteiger partial charge on any atom is 0.255 e. The Balaban J connectivity index is 1.96. The lowest BCUT2D eigenvalue weighted by Gasteiger charge is -2.37. The van der Waals surface area contributed by atoms with Crippen LogP contribution in [-0.2, 0) is 4.79 Å². The number of rotatable bonds is 10. The first-order valence-corrected chi connectivity index (χ1v) is 13.0. The molecule has 35 heavy (non-hydrogen) atoms. The Morgan fingerprint density at radius 2 is 1.74 bits per heavy atom. The summed E-state index contributed by atoms with van der Waals surface area (Å²) < 4.78 is 5.23. The van der Waals surface area contributed by atoms with E-state index in [4.69, 9.17) is 4.74 Å². The highest BCUT2D eigenvalue weighted by atomic mass is 16.5. The van der Waals surface area contributed by atoms with Gasteiger partial charge in [-0.25, -0.2) is 0 Å². The summed E-state index contributed by atoms with van der Waals surface area (Å²) in [5.41, 5.74) is 4.01. The highest BCUT2D eigenvalue weighted by Gasteiger charge is 2.27. The molecule has 1 saturated carbocycles. The van der Waals surface area contributed by atoms with Crippen molar-refractivity contribution in [2.45, 2.75) is 72.3 Å². The van der Waals surface area contributed by atoms with Crippen LogP contribution in [0.5, 0.6) is 5.75 Å². The Morgan fingerprint density at radius 3 is 2.26 bits per heavy atom. The molecule has 1 aliphatic heterocycles. The first-order chi connectivity index (χ1) is 16.9. The Labute approximate surface area is 210 Å². The number of hydrogen-bond acceptors (Lipinski definition) is 4. The monoisotopic (exact) mass is 479 g/mol. The summed E-state index contributed by atoms with van der Waals surface area (Å²) in [7, 11) is 1.60. The quantitative estimate of drug-likeness (QED) is 0.351. The number of amides is 2. The van der Waals surface area contributed by atoms with Gasteiger partial charge in [0.25, 0.3) is 11.8 Å². The van der Waals surface area contributed by atoms with Crippen LogP contribution < -0.4 is 15.4 Å². The summed E-state index contributed by atoms with van der Waals surface area (Å²) >= 11 is 0. The molecule has 6 heteroatoms. The summed E-state index contributed by atoms with van der Waals surface area (Å²) in [6.45, 7) is 10.3. The van der Waals surface area contributed by atoms with Gasteiger partial charge >= 0.3 is 0 Å². The highest BCUT2D eigenvalue weighted by Crippen LogP contribution is 2.29. The van der Waals surface area contributed by atoms with Crippen molar-refractivity contribution in [1.29, 1.82) is 0 Å². The van der Waals surface area contributed by atoms with Gasteiger partial charge in [0.05, 0.1) is 18.5 Å². The zero-order valence-corrected chi connectivity index (χ0v) is 21.9. The molecule has 6 nitrogen and oxygen atoms in total. The van der Waals surface area contributed by atoms with Crippen molar-refractivity contribution >= 4 is 11.8 Å². The number of benzene rings is 1. The van der Waals surface area contributed by atoms with Crippen molar-refractivity contribution in [2.24, 2.45) is 5.92 Å². The third kappa shape index (κ3) is 7.23. The predicted octanol–water partition coefficient (Wildman–Crippen LogP) is 5.34. The van der Waals surface area contributed by atoms with Crippen molar-refractivity contribution in [3.8, 4) is 5.75 Å². The Morgan fingerprint density at radius 1 is 1.09 bits per heavy atom. The summed E-state index contributed by atoms with van der Waals surface area (Å²) in [5.74, 6) is 1.14. The molecule has 190 valence electrons. The van der Waals surface area contributed by atoms with Crippen molar-refractivity contribution < 1.29 is 14.3 Å². The topological polar surface area (TPSA) is 70.7 Å². The second-order valence-electron chi connectivity index (χ2n) is 9.55. The molecule has 1 heterocycles. The first kappa shape index (κ1) is 26.6. The van der Waals surface area contributed by atoms with Gasteiger partial charge in [-0.05, 0) is 87.8 Å². The van der Waals surface area contributed by atoms with Crippen molar-refractivity contribution in [3.63, 3.8) is 0 Å². The van der Waals surface area contributed by atoms with Crippen molar-refractivity contribution in [1.82, 2.24) is 15.5 Å². The largest absolute Gasteiger partial charge is 0.497 e. The maximum atomic E-state index is 13.3. The molecular formula is C29H41N3O3. The SMILES string of the molecule is C\C=C(/C=C(NC(=O)c1ccc(OC)cc1)\C(=C(/C)CC)N1CCC(CC)CC1)C(=O)NC1CC1. The minimum Gasteiger partial charge on any atom is -0.497 e. The molecule has 1 aromatic rings. The minimum atomic E-state index is -0.207. The zero-order valence-electron chi connectivity index (χ0n) is 21.9. The number of likely N-dealkylation sites (tertiary alicyclic amines) is 1. The van der Waals surface area contributed by atoms with Crippen LogP contribution in [-0.4, -0.2) is 43.0 Å². The number of carbonyl (C=O) groups excluding carboxylic acids is 2. The van der Waals surface area contributed by atoms with E-state index in [9.17, 15) is 9.59 Å². The molecular weight excluding hydrogens is 438 g/mol. The van der Waals surface area contributed by atoms with Gasteiger partial charge in [-0.2, -0.15) is 0 Å². The van der Waals surface area contributed by atoms with Crippen LogP contribution in [0.25, 0.3) is 0 Å². The molecule has 0 aromatic heterocycles. The van der Waals surface area contributed by atoms with E-state index >= 15 is 0 Å². The summed E-state index contributed by atoms with van der Waals surface area (Å²) in [6, 6.07) is 7.34. The van der Waals surface area contributed by atoms with E-state index in [1.807, 2.05) is 19.1 Å². The zero-order chi connectivity index (χ0) is 25.4. The standard InChI is InChI=1S/C29H41N3O3/c1-6-20(4)27(32-17-15-21(7-2)16-18-32)26(19-22(8-3)28(33)30-24-11-12-24)31-29(34)23-9-13-25(35-5)14-10-23/h8-10,13-14,19,21,24H,6-7,11-12,15-18H2,1-5H3,(H,30,33)(H,31,34)/b22-8+,26-19+,27-20-. The average Bonchev–Trinajstić information content (AvgIpc) is 3.71. The fourth-order valence-electron chi connectivity index (χ4n) is 4.43. The van der Waals surface area contributed by atoms with Gasteiger partial charge in [0, 0.05) is 30.3 Å². The normalized spacial score (nSPS) is 18.1. The fourth-order valence-corrected chi connectivity index (χ4v) is 4.43. The van der Waals surface area contributed by atoms with Gasteiger partial charge in [0.2, 0.25) is 0 Å². The van der Waals surface area contributed by atoms with Gasteiger partial charge in [0.1, 0.15) is 5.75 Å². The van der Waals surface area contributed by atoms with E-state index in [0.717, 1.165) is 56.8 Å². The molecule has 1 aliphatic carbocycles. The number of nitrogens with zero attached hydrogens (tertiary/aromatic N) is 1. The Kier molecular flexibility index (Phi) is 9.58. The first-order valence-electron chi connectivity index (χ1n) is 13.0. The molecule has 0 bridgehead atoms. The predicted molar refractivity (Wildman–Crippen MR) is 141 cm³/mol. The van der Waals surface area contributed by atoms with Gasteiger partial charge in [-0.3, -0.25) is 9.59 Å². The average molecular weight is 480 g/mol. The lowest BCUT2D eigenvalue weighted by atomic mass is 9.93. The van der Waals surface area contributed by atoms with Gasteiger partial charge < -0.3 is 20.3 Å². The van der Waals surface area contributed by atoms with Crippen molar-refractivity contribution in [2.75, 3.05) is 20.2 Å². The van der Waals surface area contributed by atoms with Crippen LogP contribution in [0.2, 0.25) is 0 Å². The van der Waals surface area contributed by atoms with Gasteiger partial charge in [0.15, 0.2) is 0 Å². The molecule has 2 N–H and O–H groups in total. The molecule has 2 fully saturated rings. The minimum absolute atomic E-state index is 0.0932. The second kappa shape index (κ2) is 12.6. The molecule has 0 unspecified atom stereocenters. The third-order valence-electron chi connectivity index (χ3n) is 7.08. The Bertz CT molecular complexity index is 979. The lowest BCUT2D eigenvalue weighted by Crippen LogP contribution is -2.38. The van der Waals surface area contributed by atoms with Crippen LogP contribution in [0, 0.1) is 5.92 Å². The maximum absolute atomic E-state index is 13.3. The number of methoxy groups -OCH3 is 1. The van der Waals surface area contributed by atoms with Crippen LogP contribution in [0.3, 0.4) is 0 Å². The van der Waals surface area contributed by atoms with E-state index in [-0.39, 0.29) is 17.9 Å². The number of carbonyl (C=O) groups is 2. The third-order valence-corrected chi connectivity index (χ3v) is 7.08. The van der Waals surface area contributed by atoms with E-state index in [1.54, 1.807) is 31.4 Å². The molecule has 0 atom stereocenters. The highest BCUT2D eigenvalue weighted by molar-refractivity contribution is 5.98. The van der Waals surface area contributed by atoms with Gasteiger partial charge in [-0.1, -0.05) is 26.3 Å². The second-order valence-corrected chi connectivity index (χ2v) is 9.55. The number of nitrogens with one attached hydrogen (secondary N) is 2. The molecule has 3 rings (SSSR count). The summed E-state index contributed by atoms with van der Waals surface area (Å²) in [4.78, 5) is 28.6. The summed E-state index contributed by atoms with van der Waals surface area (Å²) in [5, 5.41) is 6.23. The van der Waals surface area contributed by atoms with Crippen LogP contribution >= 0.6 is 0 Å². The molecule has 2 aliphatic rings. The van der Waals surface area contributed by atoms with Crippen molar-refractivity contribution in [3.05, 3.63) is 64.5 Å². The smallest absolute Gasteiger partial charge is 0.255 e. The molecule has 1 saturated heterocycles. The van der Waals surface area contributed by atoms with E-state index in [2.05, 4.69) is 36.3 Å². The number of allylic oxidation sites excluding steroid dienone is 2. The van der Waals surface area contributed by atoms with E-state index in [0.29, 0.717) is 22.6 Å². The Hall–Kier alpha value is -3.02. The number of ether oxygens (including phenoxy) is 1. The van der Waals surface area contributed by atoms with Crippen LogP contribution in [0.1, 0.15) is 76.6 Å². The summed E-state index contributed by atoms with van der Waals surface area (Å²) in [6.07, 6.45) is 10.0. The number of piperidine rings is 1. The van der Waals surface area contributed by atoms with Crippen LogP contribution in [0.4, 0.5) is 0 Å². The van der Waals surface area contributed by atoms with E-state index in [1.165, 1.54) is 12.0 Å². The molecule has 2 amide bonds. The number of hydrogen-bond donors (Lipinski definition) is 2.